The number of alkyl halides is 2. The first-order valence-corrected chi connectivity index (χ1v) is 7.97. The van der Waals surface area contributed by atoms with Gasteiger partial charge in [-0.2, -0.15) is 4.36 Å². The van der Waals surface area contributed by atoms with Gasteiger partial charge in [0.05, 0.1) is 0 Å². The Morgan fingerprint density at radius 3 is 2.55 bits per heavy atom. The summed E-state index contributed by atoms with van der Waals surface area (Å²) in [7, 11) is -0.889. The van der Waals surface area contributed by atoms with Gasteiger partial charge in [-0.3, -0.25) is 4.79 Å². The molecule has 0 N–H and O–H groups in total. The average Bonchev–Trinajstić information content (AvgIpc) is 2.65. The summed E-state index contributed by atoms with van der Waals surface area (Å²) in [6.45, 7) is 0.670. The van der Waals surface area contributed by atoms with Gasteiger partial charge in [0.15, 0.2) is 11.5 Å². The van der Waals surface area contributed by atoms with Gasteiger partial charge in [0.1, 0.15) is 0 Å². The van der Waals surface area contributed by atoms with Gasteiger partial charge in [0, 0.05) is 26.8 Å². The van der Waals surface area contributed by atoms with Crippen molar-refractivity contribution in [3.63, 3.8) is 0 Å². The number of anilines is 1. The highest BCUT2D eigenvalue weighted by atomic mass is 35.5. The quantitative estimate of drug-likeness (QED) is 0.578. The smallest absolute Gasteiger partial charge is 0.283 e. The van der Waals surface area contributed by atoms with E-state index in [1.165, 1.54) is 0 Å². The van der Waals surface area contributed by atoms with Crippen LogP contribution in [-0.2, 0) is 15.5 Å². The minimum Gasteiger partial charge on any atom is -0.320 e. The molecule has 8 heteroatoms. The summed E-state index contributed by atoms with van der Waals surface area (Å²) in [6.07, 6.45) is 1.76. The SMILES string of the molecule is CC1=CN(c2cc(Cl)cc(Cl)c2)C(Cl)S1=NC(=O)CF. The van der Waals surface area contributed by atoms with Crippen molar-refractivity contribution in [2.45, 2.75) is 11.8 Å². The van der Waals surface area contributed by atoms with Crippen LogP contribution in [0.1, 0.15) is 6.92 Å². The minimum atomic E-state index is -1.12. The van der Waals surface area contributed by atoms with Gasteiger partial charge in [-0.15, -0.1) is 0 Å². The number of amides is 1. The van der Waals surface area contributed by atoms with E-state index in [0.29, 0.717) is 15.7 Å². The lowest BCUT2D eigenvalue weighted by atomic mass is 10.3. The first-order chi connectivity index (χ1) is 9.42. The lowest BCUT2D eigenvalue weighted by molar-refractivity contribution is -0.118. The van der Waals surface area contributed by atoms with E-state index in [4.69, 9.17) is 34.8 Å². The van der Waals surface area contributed by atoms with Crippen molar-refractivity contribution in [3.8, 4) is 0 Å². The minimum absolute atomic E-state index is 0.478. The van der Waals surface area contributed by atoms with Crippen molar-refractivity contribution in [1.82, 2.24) is 0 Å². The zero-order chi connectivity index (χ0) is 14.9. The molecule has 2 rings (SSSR count). The number of carbonyl (C=O) groups excluding carboxylic acids is 1. The van der Waals surface area contributed by atoms with Crippen LogP contribution >= 0.6 is 34.8 Å². The largest absolute Gasteiger partial charge is 0.320 e. The molecule has 1 aromatic carbocycles. The van der Waals surface area contributed by atoms with Gasteiger partial charge in [0.2, 0.25) is 0 Å². The van der Waals surface area contributed by atoms with E-state index >= 15 is 0 Å². The van der Waals surface area contributed by atoms with Crippen LogP contribution in [0.25, 0.3) is 0 Å². The van der Waals surface area contributed by atoms with Crippen LogP contribution in [0.5, 0.6) is 0 Å². The van der Waals surface area contributed by atoms with Crippen LogP contribution in [0.2, 0.25) is 10.0 Å². The molecule has 2 unspecified atom stereocenters. The topological polar surface area (TPSA) is 32.7 Å². The Morgan fingerprint density at radius 2 is 2.00 bits per heavy atom. The average molecular weight is 356 g/mol. The third kappa shape index (κ3) is 3.34. The molecule has 0 bridgehead atoms. The Balaban J connectivity index is 2.37. The van der Waals surface area contributed by atoms with E-state index < -0.39 is 28.1 Å². The molecule has 1 aliphatic heterocycles. The summed E-state index contributed by atoms with van der Waals surface area (Å²) in [5.41, 5.74) is 0.694. The molecule has 2 atom stereocenters. The van der Waals surface area contributed by atoms with E-state index in [-0.39, 0.29) is 0 Å². The summed E-state index contributed by atoms with van der Waals surface area (Å²) >= 11 is 18.2. The summed E-state index contributed by atoms with van der Waals surface area (Å²) in [5, 5.41) is 0.956. The predicted molar refractivity (Wildman–Crippen MR) is 83.1 cm³/mol. The van der Waals surface area contributed by atoms with Crippen molar-refractivity contribution in [2.75, 3.05) is 11.6 Å². The van der Waals surface area contributed by atoms with Gasteiger partial charge < -0.3 is 4.90 Å². The van der Waals surface area contributed by atoms with Crippen molar-refractivity contribution in [1.29, 1.82) is 0 Å². The fourth-order valence-electron chi connectivity index (χ4n) is 1.70. The number of rotatable bonds is 2. The van der Waals surface area contributed by atoms with Crippen LogP contribution in [0.3, 0.4) is 0 Å². The summed E-state index contributed by atoms with van der Waals surface area (Å²) in [5.74, 6) is -0.808. The molecule has 1 heterocycles. The van der Waals surface area contributed by atoms with Gasteiger partial charge in [0.25, 0.3) is 5.91 Å². The first-order valence-electron chi connectivity index (χ1n) is 5.53. The highest BCUT2D eigenvalue weighted by molar-refractivity contribution is 7.93. The molecular formula is C12H10Cl3FN2OS. The number of carbonyl (C=O) groups is 1. The zero-order valence-electron chi connectivity index (χ0n) is 10.3. The van der Waals surface area contributed by atoms with Crippen molar-refractivity contribution in [2.24, 2.45) is 4.36 Å². The second kappa shape index (κ2) is 6.43. The van der Waals surface area contributed by atoms with Crippen LogP contribution in [-0.4, -0.2) is 17.4 Å². The zero-order valence-corrected chi connectivity index (χ0v) is 13.4. The summed E-state index contributed by atoms with van der Waals surface area (Å²) in [6, 6.07) is 5.02. The van der Waals surface area contributed by atoms with E-state index in [9.17, 15) is 9.18 Å². The van der Waals surface area contributed by atoms with Crippen LogP contribution < -0.4 is 4.90 Å². The molecule has 0 saturated carbocycles. The van der Waals surface area contributed by atoms with Gasteiger partial charge in [-0.05, 0) is 35.8 Å². The van der Waals surface area contributed by atoms with Crippen LogP contribution in [0, 0.1) is 0 Å². The molecule has 3 nitrogen and oxygen atoms in total. The molecule has 0 aromatic heterocycles. The van der Waals surface area contributed by atoms with Crippen molar-refractivity contribution < 1.29 is 9.18 Å². The third-order valence-corrected chi connectivity index (χ3v) is 5.43. The van der Waals surface area contributed by atoms with Crippen LogP contribution in [0.4, 0.5) is 10.1 Å². The molecule has 0 spiro atoms. The van der Waals surface area contributed by atoms with E-state index in [0.717, 1.165) is 4.91 Å². The molecule has 0 saturated heterocycles. The molecule has 0 aliphatic carbocycles. The Labute approximate surface area is 133 Å². The fraction of sp³-hybridized carbons (Fsp3) is 0.250. The van der Waals surface area contributed by atoms with Gasteiger partial charge in [-0.25, -0.2) is 4.39 Å². The maximum Gasteiger partial charge on any atom is 0.283 e. The number of hydrogen-bond donors (Lipinski definition) is 0. The van der Waals surface area contributed by atoms with Gasteiger partial charge >= 0.3 is 0 Å². The maximum absolute atomic E-state index is 12.3. The second-order valence-electron chi connectivity index (χ2n) is 4.00. The highest BCUT2D eigenvalue weighted by Gasteiger charge is 2.28. The highest BCUT2D eigenvalue weighted by Crippen LogP contribution is 2.34. The third-order valence-electron chi connectivity index (χ3n) is 2.51. The van der Waals surface area contributed by atoms with Crippen molar-refractivity contribution >= 4 is 57.1 Å². The fourth-order valence-corrected chi connectivity index (χ4v) is 4.35. The van der Waals surface area contributed by atoms with E-state index in [1.807, 2.05) is 0 Å². The Kier molecular flexibility index (Phi) is 5.07. The molecular weight excluding hydrogens is 346 g/mol. The normalized spacial score (nSPS) is 22.2. The monoisotopic (exact) mass is 354 g/mol. The maximum atomic E-state index is 12.3. The predicted octanol–water partition coefficient (Wildman–Crippen LogP) is 4.50. The molecule has 1 aromatic rings. The number of benzene rings is 1. The molecule has 1 amide bonds. The molecule has 1 aliphatic rings. The summed E-state index contributed by atoms with van der Waals surface area (Å²) < 4.78 is 16.1. The lowest BCUT2D eigenvalue weighted by Gasteiger charge is -2.21. The van der Waals surface area contributed by atoms with E-state index in [2.05, 4.69) is 4.36 Å². The molecule has 20 heavy (non-hydrogen) atoms. The number of nitrogens with zero attached hydrogens (tertiary/aromatic N) is 2. The standard InChI is InChI=1S/C12H10Cl3FN2OS/c1-7-6-18(10-3-8(13)2-9(14)4-10)12(15)20(7)17-11(19)5-16/h2-4,6,12H,5H2,1H3. The number of allylic oxidation sites excluding steroid dienone is 1. The number of halogens is 4. The molecule has 0 fully saturated rings. The Bertz CT molecular complexity index is 600. The molecule has 0 radical (unpaired) electrons. The van der Waals surface area contributed by atoms with Crippen LogP contribution in [0.15, 0.2) is 33.7 Å². The Morgan fingerprint density at radius 1 is 1.40 bits per heavy atom. The molecule has 108 valence electrons. The summed E-state index contributed by atoms with van der Waals surface area (Å²) in [4.78, 5) is 13.0. The Hall–Kier alpha value is -0.620. The van der Waals surface area contributed by atoms with E-state index in [1.54, 1.807) is 36.2 Å². The van der Waals surface area contributed by atoms with Crippen molar-refractivity contribution in [3.05, 3.63) is 39.3 Å². The van der Waals surface area contributed by atoms with Gasteiger partial charge in [-0.1, -0.05) is 34.8 Å². The first kappa shape index (κ1) is 15.8. The second-order valence-corrected chi connectivity index (χ2v) is 7.45. The number of hydrogen-bond acceptors (Lipinski definition) is 2. The lowest BCUT2D eigenvalue weighted by Crippen LogP contribution is -2.24.